The Hall–Kier alpha value is -2.07. The molecule has 8 nitrogen and oxygen atoms in total. The second-order valence-electron chi connectivity index (χ2n) is 7.46. The molecule has 0 spiro atoms. The van der Waals surface area contributed by atoms with Crippen LogP contribution in [0.15, 0.2) is 35.5 Å². The summed E-state index contributed by atoms with van der Waals surface area (Å²) in [7, 11) is -3.01. The SMILES string of the molecule is O=C(CSc1nnc(N2CCCCC2)n1-c1ccccc1)NC1CCS(=O)(=O)C1. The van der Waals surface area contributed by atoms with E-state index in [0.717, 1.165) is 37.6 Å². The molecular formula is C19H25N5O3S2. The van der Waals surface area contributed by atoms with Crippen molar-refractivity contribution in [2.24, 2.45) is 0 Å². The molecule has 2 saturated heterocycles. The summed E-state index contributed by atoms with van der Waals surface area (Å²) in [4.78, 5) is 14.6. The molecule has 29 heavy (non-hydrogen) atoms. The third-order valence-electron chi connectivity index (χ3n) is 5.20. The molecule has 156 valence electrons. The molecule has 1 N–H and O–H groups in total. The minimum absolute atomic E-state index is 0.0305. The number of hydrogen-bond donors (Lipinski definition) is 1. The smallest absolute Gasteiger partial charge is 0.232 e. The van der Waals surface area contributed by atoms with E-state index in [1.54, 1.807) is 0 Å². The maximum absolute atomic E-state index is 12.3. The second-order valence-corrected chi connectivity index (χ2v) is 10.6. The molecule has 1 unspecified atom stereocenters. The predicted octanol–water partition coefficient (Wildman–Crippen LogP) is 1.65. The van der Waals surface area contributed by atoms with Crippen LogP contribution in [0.4, 0.5) is 5.95 Å². The quantitative estimate of drug-likeness (QED) is 0.689. The zero-order valence-corrected chi connectivity index (χ0v) is 17.8. The Balaban J connectivity index is 1.48. The Kier molecular flexibility index (Phi) is 6.09. The topological polar surface area (TPSA) is 97.2 Å². The molecule has 2 aromatic rings. The van der Waals surface area contributed by atoms with Crippen LogP contribution in [-0.2, 0) is 14.6 Å². The largest absolute Gasteiger partial charge is 0.352 e. The molecule has 2 aliphatic rings. The predicted molar refractivity (Wildman–Crippen MR) is 113 cm³/mol. The molecule has 0 bridgehead atoms. The Morgan fingerprint density at radius 1 is 1.14 bits per heavy atom. The summed E-state index contributed by atoms with van der Waals surface area (Å²) in [5.41, 5.74) is 0.961. The van der Waals surface area contributed by atoms with Gasteiger partial charge < -0.3 is 10.2 Å². The van der Waals surface area contributed by atoms with E-state index in [0.29, 0.717) is 11.6 Å². The number of amides is 1. The number of sulfone groups is 1. The number of carbonyl (C=O) groups is 1. The summed E-state index contributed by atoms with van der Waals surface area (Å²) >= 11 is 1.32. The molecule has 1 aromatic carbocycles. The minimum atomic E-state index is -3.01. The van der Waals surface area contributed by atoms with Gasteiger partial charge in [0, 0.05) is 19.1 Å². The lowest BCUT2D eigenvalue weighted by molar-refractivity contribution is -0.119. The Morgan fingerprint density at radius 2 is 1.90 bits per heavy atom. The summed E-state index contributed by atoms with van der Waals surface area (Å²) in [6, 6.07) is 9.62. The fourth-order valence-electron chi connectivity index (χ4n) is 3.77. The van der Waals surface area contributed by atoms with E-state index in [2.05, 4.69) is 20.4 Å². The second kappa shape index (κ2) is 8.74. The summed E-state index contributed by atoms with van der Waals surface area (Å²) in [6.07, 6.45) is 3.99. The van der Waals surface area contributed by atoms with Gasteiger partial charge in [0.1, 0.15) is 0 Å². The molecule has 3 heterocycles. The first-order chi connectivity index (χ1) is 14.0. The number of piperidine rings is 1. The van der Waals surface area contributed by atoms with Crippen molar-refractivity contribution in [3.05, 3.63) is 30.3 Å². The highest BCUT2D eigenvalue weighted by Crippen LogP contribution is 2.28. The highest BCUT2D eigenvalue weighted by Gasteiger charge is 2.29. The Labute approximate surface area is 175 Å². The van der Waals surface area contributed by atoms with Crippen molar-refractivity contribution in [2.45, 2.75) is 36.9 Å². The van der Waals surface area contributed by atoms with Gasteiger partial charge in [0.05, 0.1) is 22.9 Å². The number of rotatable bonds is 6. The maximum atomic E-state index is 12.3. The number of thioether (sulfide) groups is 1. The van der Waals surface area contributed by atoms with E-state index in [4.69, 9.17) is 0 Å². The summed E-state index contributed by atoms with van der Waals surface area (Å²) in [5.74, 6) is 0.969. The number of nitrogens with one attached hydrogen (secondary N) is 1. The van der Waals surface area contributed by atoms with Crippen molar-refractivity contribution >= 4 is 33.5 Å². The highest BCUT2D eigenvalue weighted by atomic mass is 32.2. The van der Waals surface area contributed by atoms with E-state index >= 15 is 0 Å². The van der Waals surface area contributed by atoms with Crippen LogP contribution in [0.2, 0.25) is 0 Å². The van der Waals surface area contributed by atoms with Crippen LogP contribution in [0.1, 0.15) is 25.7 Å². The van der Waals surface area contributed by atoms with Crippen LogP contribution in [0.25, 0.3) is 5.69 Å². The number of benzene rings is 1. The van der Waals surface area contributed by atoms with E-state index in [9.17, 15) is 13.2 Å². The van der Waals surface area contributed by atoms with E-state index in [-0.39, 0.29) is 29.2 Å². The number of aromatic nitrogens is 3. The van der Waals surface area contributed by atoms with Gasteiger partial charge in [-0.2, -0.15) is 0 Å². The van der Waals surface area contributed by atoms with Crippen molar-refractivity contribution in [1.82, 2.24) is 20.1 Å². The fraction of sp³-hybridized carbons (Fsp3) is 0.526. The molecule has 2 aliphatic heterocycles. The Morgan fingerprint density at radius 3 is 2.59 bits per heavy atom. The van der Waals surface area contributed by atoms with Gasteiger partial charge in [-0.1, -0.05) is 30.0 Å². The van der Waals surface area contributed by atoms with Crippen molar-refractivity contribution in [3.8, 4) is 5.69 Å². The van der Waals surface area contributed by atoms with Gasteiger partial charge in [-0.05, 0) is 37.8 Å². The summed E-state index contributed by atoms with van der Waals surface area (Å²) in [5, 5.41) is 12.3. The van der Waals surface area contributed by atoms with Crippen LogP contribution in [-0.4, -0.2) is 65.5 Å². The van der Waals surface area contributed by atoms with E-state index < -0.39 is 9.84 Å². The molecular weight excluding hydrogens is 410 g/mol. The minimum Gasteiger partial charge on any atom is -0.352 e. The van der Waals surface area contributed by atoms with Gasteiger partial charge in [-0.3, -0.25) is 9.36 Å². The Bertz CT molecular complexity index is 955. The van der Waals surface area contributed by atoms with Crippen LogP contribution in [0.5, 0.6) is 0 Å². The van der Waals surface area contributed by atoms with Crippen molar-refractivity contribution < 1.29 is 13.2 Å². The number of carbonyl (C=O) groups excluding carboxylic acids is 1. The van der Waals surface area contributed by atoms with Crippen molar-refractivity contribution in [2.75, 3.05) is 35.2 Å². The van der Waals surface area contributed by atoms with Crippen molar-refractivity contribution in [1.29, 1.82) is 0 Å². The first-order valence-electron chi connectivity index (χ1n) is 9.90. The lowest BCUT2D eigenvalue weighted by atomic mass is 10.1. The number of nitrogens with zero attached hydrogens (tertiary/aromatic N) is 4. The molecule has 2 fully saturated rings. The fourth-order valence-corrected chi connectivity index (χ4v) is 6.20. The maximum Gasteiger partial charge on any atom is 0.232 e. The number of anilines is 1. The van der Waals surface area contributed by atoms with Crippen LogP contribution < -0.4 is 10.2 Å². The standard InChI is InChI=1S/C19H25N5O3S2/c25-17(20-15-9-12-29(26,27)14-15)13-28-19-22-21-18(23-10-5-2-6-11-23)24(19)16-7-3-1-4-8-16/h1,3-4,7-8,15H,2,5-6,9-14H2,(H,20,25). The average molecular weight is 436 g/mol. The van der Waals surface area contributed by atoms with Gasteiger partial charge in [0.15, 0.2) is 15.0 Å². The monoisotopic (exact) mass is 435 g/mol. The van der Waals surface area contributed by atoms with Crippen molar-refractivity contribution in [3.63, 3.8) is 0 Å². The average Bonchev–Trinajstić information content (AvgIpc) is 3.30. The zero-order chi connectivity index (χ0) is 20.3. The van der Waals surface area contributed by atoms with E-state index in [1.807, 2.05) is 34.9 Å². The van der Waals surface area contributed by atoms with Gasteiger partial charge in [0.2, 0.25) is 11.9 Å². The highest BCUT2D eigenvalue weighted by molar-refractivity contribution is 7.99. The molecule has 1 amide bonds. The molecule has 0 aliphatic carbocycles. The first-order valence-corrected chi connectivity index (χ1v) is 12.7. The van der Waals surface area contributed by atoms with Gasteiger partial charge in [-0.15, -0.1) is 10.2 Å². The van der Waals surface area contributed by atoms with Gasteiger partial charge in [0.25, 0.3) is 0 Å². The van der Waals surface area contributed by atoms with Crippen LogP contribution in [0, 0.1) is 0 Å². The summed E-state index contributed by atoms with van der Waals surface area (Å²) < 4.78 is 25.2. The molecule has 1 atom stereocenters. The molecule has 10 heteroatoms. The molecule has 1 aromatic heterocycles. The van der Waals surface area contributed by atoms with Gasteiger partial charge in [-0.25, -0.2) is 8.42 Å². The first kappa shape index (κ1) is 20.2. The summed E-state index contributed by atoms with van der Waals surface area (Å²) in [6.45, 7) is 1.90. The van der Waals surface area contributed by atoms with Crippen LogP contribution in [0.3, 0.4) is 0 Å². The third kappa shape index (κ3) is 4.92. The zero-order valence-electron chi connectivity index (χ0n) is 16.2. The van der Waals surface area contributed by atoms with E-state index in [1.165, 1.54) is 18.2 Å². The normalized spacial score (nSPS) is 21.2. The lowest BCUT2D eigenvalue weighted by Gasteiger charge is -2.27. The molecule has 0 radical (unpaired) electrons. The molecule has 4 rings (SSSR count). The number of para-hydroxylation sites is 1. The lowest BCUT2D eigenvalue weighted by Crippen LogP contribution is -2.36. The number of hydrogen-bond acceptors (Lipinski definition) is 7. The molecule has 0 saturated carbocycles. The third-order valence-corrected chi connectivity index (χ3v) is 7.90. The van der Waals surface area contributed by atoms with Gasteiger partial charge >= 0.3 is 0 Å². The van der Waals surface area contributed by atoms with Crippen LogP contribution >= 0.6 is 11.8 Å².